The maximum absolute atomic E-state index is 9.05. The van der Waals surface area contributed by atoms with E-state index >= 15 is 0 Å². The van der Waals surface area contributed by atoms with E-state index in [2.05, 4.69) is 16.4 Å². The molecule has 0 saturated heterocycles. The zero-order valence-corrected chi connectivity index (χ0v) is 10.3. The lowest BCUT2D eigenvalue weighted by atomic mass is 10.1. The first-order valence-electron chi connectivity index (χ1n) is 6.29. The van der Waals surface area contributed by atoms with Gasteiger partial charge in [-0.15, -0.1) is 0 Å². The van der Waals surface area contributed by atoms with E-state index in [1.54, 1.807) is 0 Å². The second kappa shape index (κ2) is 4.34. The lowest BCUT2D eigenvalue weighted by molar-refractivity contribution is 0.565. The highest BCUT2D eigenvalue weighted by Gasteiger charge is 2.28. The summed E-state index contributed by atoms with van der Waals surface area (Å²) < 4.78 is 5.65. The Kier molecular flexibility index (Phi) is 2.67. The van der Waals surface area contributed by atoms with Gasteiger partial charge >= 0.3 is 0 Å². The summed E-state index contributed by atoms with van der Waals surface area (Å²) in [5.41, 5.74) is 2.82. The number of nitriles is 1. The fourth-order valence-corrected chi connectivity index (χ4v) is 2.55. The Hall–Kier alpha value is -2.02. The van der Waals surface area contributed by atoms with Gasteiger partial charge in [-0.3, -0.25) is 0 Å². The van der Waals surface area contributed by atoms with Gasteiger partial charge in [-0.05, 0) is 43.9 Å². The summed E-state index contributed by atoms with van der Waals surface area (Å²) in [4.78, 5) is 4.42. The number of hydrogen-bond acceptors (Lipinski definition) is 4. The minimum Gasteiger partial charge on any atom is -0.424 e. The van der Waals surface area contributed by atoms with Crippen LogP contribution in [-0.4, -0.2) is 11.0 Å². The Labute approximate surface area is 106 Å². The van der Waals surface area contributed by atoms with Gasteiger partial charge in [0.05, 0.1) is 12.0 Å². The second-order valence-electron chi connectivity index (χ2n) is 4.91. The van der Waals surface area contributed by atoms with Gasteiger partial charge in [-0.2, -0.15) is 10.2 Å². The second-order valence-corrected chi connectivity index (χ2v) is 4.91. The first-order chi connectivity index (χ1) is 8.76. The predicted octanol–water partition coefficient (Wildman–Crippen LogP) is 3.24. The van der Waals surface area contributed by atoms with Crippen molar-refractivity contribution < 1.29 is 4.42 Å². The fraction of sp³-hybridized carbons (Fsp3) is 0.429. The molecule has 0 aliphatic heterocycles. The number of benzene rings is 1. The monoisotopic (exact) mass is 241 g/mol. The van der Waals surface area contributed by atoms with Gasteiger partial charge in [-0.1, -0.05) is 6.07 Å². The molecule has 4 heteroatoms. The molecule has 1 aromatic carbocycles. The van der Waals surface area contributed by atoms with Crippen LogP contribution in [0.2, 0.25) is 0 Å². The van der Waals surface area contributed by atoms with Crippen molar-refractivity contribution in [2.45, 2.75) is 32.2 Å². The SMILES string of the molecule is Cc1ccc2oc(N[C@@H]3CCC[C@@H]3C#N)nc2c1. The molecule has 0 spiro atoms. The molecular weight excluding hydrogens is 226 g/mol. The number of aryl methyl sites for hydroxylation is 1. The molecule has 0 unspecified atom stereocenters. The predicted molar refractivity (Wildman–Crippen MR) is 69.1 cm³/mol. The quantitative estimate of drug-likeness (QED) is 0.876. The number of anilines is 1. The van der Waals surface area contributed by atoms with Crippen LogP contribution in [0.4, 0.5) is 6.01 Å². The highest BCUT2D eigenvalue weighted by Crippen LogP contribution is 2.29. The number of oxazole rings is 1. The van der Waals surface area contributed by atoms with Crippen LogP contribution < -0.4 is 5.32 Å². The normalized spacial score (nSPS) is 23.1. The van der Waals surface area contributed by atoms with Crippen molar-refractivity contribution in [3.63, 3.8) is 0 Å². The summed E-state index contributed by atoms with van der Waals surface area (Å²) in [6.07, 6.45) is 3.07. The summed E-state index contributed by atoms with van der Waals surface area (Å²) >= 11 is 0. The molecule has 0 radical (unpaired) electrons. The minimum absolute atomic E-state index is 0.0711. The van der Waals surface area contributed by atoms with E-state index in [1.165, 1.54) is 0 Å². The van der Waals surface area contributed by atoms with Crippen LogP contribution >= 0.6 is 0 Å². The van der Waals surface area contributed by atoms with Gasteiger partial charge in [-0.25, -0.2) is 0 Å². The van der Waals surface area contributed by atoms with Crippen LogP contribution in [0, 0.1) is 24.2 Å². The Balaban J connectivity index is 1.85. The van der Waals surface area contributed by atoms with E-state index < -0.39 is 0 Å². The molecule has 1 N–H and O–H groups in total. The Bertz CT molecular complexity index is 611. The van der Waals surface area contributed by atoms with E-state index in [0.717, 1.165) is 35.9 Å². The van der Waals surface area contributed by atoms with Gasteiger partial charge in [0.15, 0.2) is 5.58 Å². The molecule has 1 aliphatic rings. The number of hydrogen-bond donors (Lipinski definition) is 1. The molecule has 0 bridgehead atoms. The molecule has 1 aliphatic carbocycles. The average Bonchev–Trinajstić information content (AvgIpc) is 2.94. The Morgan fingerprint density at radius 2 is 2.33 bits per heavy atom. The lowest BCUT2D eigenvalue weighted by Gasteiger charge is -2.12. The third kappa shape index (κ3) is 1.92. The van der Waals surface area contributed by atoms with Gasteiger partial charge in [0.2, 0.25) is 0 Å². The molecule has 18 heavy (non-hydrogen) atoms. The molecule has 2 aromatic rings. The van der Waals surface area contributed by atoms with Gasteiger partial charge in [0.1, 0.15) is 5.52 Å². The summed E-state index contributed by atoms with van der Waals surface area (Å²) in [5, 5.41) is 12.3. The number of nitrogens with one attached hydrogen (secondary N) is 1. The maximum Gasteiger partial charge on any atom is 0.295 e. The number of aromatic nitrogens is 1. The van der Waals surface area contributed by atoms with Crippen LogP contribution in [0.1, 0.15) is 24.8 Å². The van der Waals surface area contributed by atoms with E-state index in [0.29, 0.717) is 6.01 Å². The van der Waals surface area contributed by atoms with Crippen molar-refractivity contribution in [2.24, 2.45) is 5.92 Å². The van der Waals surface area contributed by atoms with E-state index in [-0.39, 0.29) is 12.0 Å². The summed E-state index contributed by atoms with van der Waals surface area (Å²) in [6.45, 7) is 2.03. The minimum atomic E-state index is 0.0711. The van der Waals surface area contributed by atoms with Crippen molar-refractivity contribution in [3.05, 3.63) is 23.8 Å². The van der Waals surface area contributed by atoms with Crippen molar-refractivity contribution in [1.29, 1.82) is 5.26 Å². The molecule has 2 atom stereocenters. The van der Waals surface area contributed by atoms with Crippen molar-refractivity contribution in [1.82, 2.24) is 4.98 Å². The molecule has 92 valence electrons. The van der Waals surface area contributed by atoms with Crippen LogP contribution in [0.3, 0.4) is 0 Å². The molecule has 1 aromatic heterocycles. The highest BCUT2D eigenvalue weighted by atomic mass is 16.4. The van der Waals surface area contributed by atoms with Crippen LogP contribution in [0.15, 0.2) is 22.6 Å². The molecular formula is C14H15N3O. The third-order valence-electron chi connectivity index (χ3n) is 3.53. The first-order valence-corrected chi connectivity index (χ1v) is 6.29. The van der Waals surface area contributed by atoms with Crippen LogP contribution in [0.5, 0.6) is 0 Å². The van der Waals surface area contributed by atoms with Gasteiger partial charge in [0.25, 0.3) is 6.01 Å². The van der Waals surface area contributed by atoms with Crippen LogP contribution in [-0.2, 0) is 0 Å². The molecule has 1 heterocycles. The van der Waals surface area contributed by atoms with Crippen LogP contribution in [0.25, 0.3) is 11.1 Å². The Morgan fingerprint density at radius 1 is 1.44 bits per heavy atom. The zero-order valence-electron chi connectivity index (χ0n) is 10.3. The van der Waals surface area contributed by atoms with Gasteiger partial charge in [0, 0.05) is 6.04 Å². The van der Waals surface area contributed by atoms with E-state index in [9.17, 15) is 0 Å². The van der Waals surface area contributed by atoms with Crippen molar-refractivity contribution >= 4 is 17.1 Å². The zero-order chi connectivity index (χ0) is 12.5. The summed E-state index contributed by atoms with van der Waals surface area (Å²) in [6, 6.07) is 8.98. The van der Waals surface area contributed by atoms with Gasteiger partial charge < -0.3 is 9.73 Å². The third-order valence-corrected chi connectivity index (χ3v) is 3.53. The number of rotatable bonds is 2. The maximum atomic E-state index is 9.05. The number of nitrogens with zero attached hydrogens (tertiary/aromatic N) is 2. The van der Waals surface area contributed by atoms with E-state index in [1.807, 2.05) is 25.1 Å². The summed E-state index contributed by atoms with van der Waals surface area (Å²) in [7, 11) is 0. The fourth-order valence-electron chi connectivity index (χ4n) is 2.55. The van der Waals surface area contributed by atoms with Crippen molar-refractivity contribution in [2.75, 3.05) is 5.32 Å². The average molecular weight is 241 g/mol. The first kappa shape index (κ1) is 11.1. The largest absolute Gasteiger partial charge is 0.424 e. The molecule has 3 rings (SSSR count). The topological polar surface area (TPSA) is 61.9 Å². The molecule has 1 saturated carbocycles. The molecule has 1 fully saturated rings. The lowest BCUT2D eigenvalue weighted by Crippen LogP contribution is -2.22. The molecule has 4 nitrogen and oxygen atoms in total. The number of fused-ring (bicyclic) bond motifs is 1. The highest BCUT2D eigenvalue weighted by molar-refractivity contribution is 5.75. The van der Waals surface area contributed by atoms with Crippen molar-refractivity contribution in [3.8, 4) is 6.07 Å². The smallest absolute Gasteiger partial charge is 0.295 e. The Morgan fingerprint density at radius 3 is 3.17 bits per heavy atom. The summed E-state index contributed by atoms with van der Waals surface area (Å²) in [5.74, 6) is 0.0711. The standard InChI is InChI=1S/C14H15N3O/c1-9-5-6-13-12(7-9)17-14(18-13)16-11-4-2-3-10(11)8-15/h5-7,10-11H,2-4H2,1H3,(H,16,17)/t10-,11-/m1/s1. The molecule has 0 amide bonds. The van der Waals surface area contributed by atoms with E-state index in [4.69, 9.17) is 9.68 Å².